The summed E-state index contributed by atoms with van der Waals surface area (Å²) in [6, 6.07) is 12.7. The zero-order valence-corrected chi connectivity index (χ0v) is 19.3. The molecule has 2 bridgehead atoms. The summed E-state index contributed by atoms with van der Waals surface area (Å²) in [5, 5.41) is 3.64. The molecule has 0 radical (unpaired) electrons. The number of benzene rings is 2. The van der Waals surface area contributed by atoms with Crippen LogP contribution in [0.25, 0.3) is 0 Å². The number of amides is 1. The Balaban J connectivity index is 1.34. The zero-order valence-electron chi connectivity index (χ0n) is 17.6. The standard InChI is InChI=1S/C22H26N4O4S2/c1-30-18-9-7-17(8-10-18)26-32(28,29)19-4-2-3-16(13-19)21(27)24-25-22(31)23-20-12-14-5-6-15(20)11-14/h2-4,7-10,13-15,20,26H,5-6,11-12H2,1H3,(H,24,27)(H2,23,25,31). The number of thiocarbonyl (C=S) groups is 1. The zero-order chi connectivity index (χ0) is 22.7. The third-order valence-electron chi connectivity index (χ3n) is 6.09. The van der Waals surface area contributed by atoms with Crippen molar-refractivity contribution in [3.8, 4) is 5.75 Å². The van der Waals surface area contributed by atoms with Crippen molar-refractivity contribution in [1.29, 1.82) is 0 Å². The molecule has 0 aromatic heterocycles. The number of rotatable bonds is 6. The van der Waals surface area contributed by atoms with E-state index in [0.717, 1.165) is 12.3 Å². The van der Waals surface area contributed by atoms with Gasteiger partial charge >= 0.3 is 0 Å². The molecule has 0 heterocycles. The Morgan fingerprint density at radius 2 is 1.84 bits per heavy atom. The van der Waals surface area contributed by atoms with E-state index in [0.29, 0.717) is 28.5 Å². The fraction of sp³-hybridized carbons (Fsp3) is 0.364. The summed E-state index contributed by atoms with van der Waals surface area (Å²) in [5.41, 5.74) is 5.84. The lowest BCUT2D eigenvalue weighted by Gasteiger charge is -2.24. The smallest absolute Gasteiger partial charge is 0.269 e. The van der Waals surface area contributed by atoms with E-state index >= 15 is 0 Å². The monoisotopic (exact) mass is 474 g/mol. The van der Waals surface area contributed by atoms with E-state index in [1.807, 2.05) is 0 Å². The van der Waals surface area contributed by atoms with Crippen LogP contribution in [0.2, 0.25) is 0 Å². The Morgan fingerprint density at radius 3 is 2.50 bits per heavy atom. The van der Waals surface area contributed by atoms with Crippen LogP contribution in [-0.4, -0.2) is 32.6 Å². The molecule has 10 heteroatoms. The summed E-state index contributed by atoms with van der Waals surface area (Å²) in [6.07, 6.45) is 4.88. The molecule has 0 saturated heterocycles. The topological polar surface area (TPSA) is 109 Å². The third kappa shape index (κ3) is 5.13. The first-order valence-electron chi connectivity index (χ1n) is 10.5. The van der Waals surface area contributed by atoms with Crippen LogP contribution in [0.15, 0.2) is 53.4 Å². The SMILES string of the molecule is COc1ccc(NS(=O)(=O)c2cccc(C(=O)NNC(=S)NC3CC4CCC3C4)c2)cc1. The lowest BCUT2D eigenvalue weighted by molar-refractivity contribution is 0.0943. The Kier molecular flexibility index (Phi) is 6.52. The van der Waals surface area contributed by atoms with E-state index in [4.69, 9.17) is 17.0 Å². The minimum atomic E-state index is -3.87. The number of hydrogen-bond donors (Lipinski definition) is 4. The number of sulfonamides is 1. The maximum Gasteiger partial charge on any atom is 0.269 e. The number of anilines is 1. The number of nitrogens with one attached hydrogen (secondary N) is 4. The second kappa shape index (κ2) is 9.33. The van der Waals surface area contributed by atoms with Crippen molar-refractivity contribution in [3.05, 3.63) is 54.1 Å². The summed E-state index contributed by atoms with van der Waals surface area (Å²) in [7, 11) is -2.34. The van der Waals surface area contributed by atoms with E-state index in [9.17, 15) is 13.2 Å². The molecule has 4 N–H and O–H groups in total. The maximum absolute atomic E-state index is 12.7. The number of hydrogen-bond acceptors (Lipinski definition) is 5. The van der Waals surface area contributed by atoms with Gasteiger partial charge in [0.1, 0.15) is 5.75 Å². The summed E-state index contributed by atoms with van der Waals surface area (Å²) < 4.78 is 33.0. The molecule has 170 valence electrons. The van der Waals surface area contributed by atoms with Gasteiger partial charge in [0.15, 0.2) is 5.11 Å². The predicted molar refractivity (Wildman–Crippen MR) is 126 cm³/mol. The summed E-state index contributed by atoms with van der Waals surface area (Å²) in [6.45, 7) is 0. The highest BCUT2D eigenvalue weighted by Gasteiger charge is 2.39. The lowest BCUT2D eigenvalue weighted by Crippen LogP contribution is -2.50. The number of ether oxygens (including phenoxy) is 1. The number of carbonyl (C=O) groups is 1. The first kappa shape index (κ1) is 22.3. The Hall–Kier alpha value is -2.85. The lowest BCUT2D eigenvalue weighted by atomic mass is 9.96. The molecule has 2 saturated carbocycles. The highest BCUT2D eigenvalue weighted by molar-refractivity contribution is 7.92. The number of hydrazine groups is 1. The maximum atomic E-state index is 12.7. The van der Waals surface area contributed by atoms with Gasteiger partial charge in [0.25, 0.3) is 15.9 Å². The van der Waals surface area contributed by atoms with Crippen LogP contribution >= 0.6 is 12.2 Å². The van der Waals surface area contributed by atoms with Gasteiger partial charge < -0.3 is 10.1 Å². The van der Waals surface area contributed by atoms with Crippen LogP contribution in [-0.2, 0) is 10.0 Å². The molecule has 2 aliphatic rings. The normalized spacial score (nSPS) is 21.6. The molecule has 32 heavy (non-hydrogen) atoms. The van der Waals surface area contributed by atoms with Gasteiger partial charge in [0.2, 0.25) is 0 Å². The van der Waals surface area contributed by atoms with Gasteiger partial charge in [-0.15, -0.1) is 0 Å². The minimum absolute atomic E-state index is 0.0244. The van der Waals surface area contributed by atoms with Gasteiger partial charge in [-0.3, -0.25) is 20.4 Å². The molecule has 4 rings (SSSR count). The first-order chi connectivity index (χ1) is 15.3. The molecule has 2 aromatic carbocycles. The molecule has 0 spiro atoms. The summed E-state index contributed by atoms with van der Waals surface area (Å²) >= 11 is 5.30. The Bertz CT molecular complexity index is 1110. The third-order valence-corrected chi connectivity index (χ3v) is 7.69. The average molecular weight is 475 g/mol. The molecule has 8 nitrogen and oxygen atoms in total. The molecule has 2 aliphatic carbocycles. The highest BCUT2D eigenvalue weighted by Crippen LogP contribution is 2.44. The second-order valence-corrected chi connectivity index (χ2v) is 10.3. The molecule has 1 amide bonds. The summed E-state index contributed by atoms with van der Waals surface area (Å²) in [5.74, 6) is 1.57. The van der Waals surface area contributed by atoms with Crippen LogP contribution in [0, 0.1) is 11.8 Å². The average Bonchev–Trinajstić information content (AvgIpc) is 3.41. The van der Waals surface area contributed by atoms with E-state index in [-0.39, 0.29) is 10.5 Å². The van der Waals surface area contributed by atoms with E-state index in [2.05, 4.69) is 20.9 Å². The number of fused-ring (bicyclic) bond motifs is 2. The van der Waals surface area contributed by atoms with Gasteiger partial charge in [-0.1, -0.05) is 12.5 Å². The van der Waals surface area contributed by atoms with Gasteiger partial charge in [-0.25, -0.2) is 8.42 Å². The number of methoxy groups -OCH3 is 1. The van der Waals surface area contributed by atoms with Crippen LogP contribution in [0.3, 0.4) is 0 Å². The van der Waals surface area contributed by atoms with Crippen molar-refractivity contribution in [2.24, 2.45) is 11.8 Å². The number of carbonyl (C=O) groups excluding carboxylic acids is 1. The molecule has 3 atom stereocenters. The van der Waals surface area contributed by atoms with Crippen molar-refractivity contribution in [2.45, 2.75) is 36.6 Å². The first-order valence-corrected chi connectivity index (χ1v) is 12.4. The Labute approximate surface area is 193 Å². The predicted octanol–water partition coefficient (Wildman–Crippen LogP) is 2.79. The van der Waals surface area contributed by atoms with Crippen molar-refractivity contribution in [2.75, 3.05) is 11.8 Å². The van der Waals surface area contributed by atoms with Crippen molar-refractivity contribution < 1.29 is 17.9 Å². The van der Waals surface area contributed by atoms with Crippen LogP contribution in [0.4, 0.5) is 5.69 Å². The Morgan fingerprint density at radius 1 is 1.06 bits per heavy atom. The molecule has 3 unspecified atom stereocenters. The van der Waals surface area contributed by atoms with Gasteiger partial charge in [-0.05, 0) is 85.8 Å². The molecule has 2 aromatic rings. The van der Waals surface area contributed by atoms with Crippen LogP contribution in [0.5, 0.6) is 5.75 Å². The highest BCUT2D eigenvalue weighted by atomic mass is 32.2. The fourth-order valence-corrected chi connectivity index (χ4v) is 5.80. The second-order valence-electron chi connectivity index (χ2n) is 8.20. The largest absolute Gasteiger partial charge is 0.497 e. The van der Waals surface area contributed by atoms with Crippen molar-refractivity contribution in [1.82, 2.24) is 16.2 Å². The van der Waals surface area contributed by atoms with Gasteiger partial charge in [0, 0.05) is 17.3 Å². The van der Waals surface area contributed by atoms with E-state index < -0.39 is 15.9 Å². The van der Waals surface area contributed by atoms with Crippen LogP contribution < -0.4 is 25.6 Å². The molecular formula is C22H26N4O4S2. The van der Waals surface area contributed by atoms with Crippen molar-refractivity contribution >= 4 is 38.9 Å². The van der Waals surface area contributed by atoms with Gasteiger partial charge in [0.05, 0.1) is 12.0 Å². The molecule has 2 fully saturated rings. The van der Waals surface area contributed by atoms with Crippen LogP contribution in [0.1, 0.15) is 36.0 Å². The molecular weight excluding hydrogens is 448 g/mol. The minimum Gasteiger partial charge on any atom is -0.497 e. The van der Waals surface area contributed by atoms with E-state index in [1.54, 1.807) is 24.3 Å². The summed E-state index contributed by atoms with van der Waals surface area (Å²) in [4.78, 5) is 12.5. The fourth-order valence-electron chi connectivity index (χ4n) is 4.49. The van der Waals surface area contributed by atoms with Crippen molar-refractivity contribution in [3.63, 3.8) is 0 Å². The van der Waals surface area contributed by atoms with Gasteiger partial charge in [-0.2, -0.15) is 0 Å². The molecule has 0 aliphatic heterocycles. The van der Waals surface area contributed by atoms with E-state index in [1.165, 1.54) is 50.6 Å². The quantitative estimate of drug-likeness (QED) is 0.377.